The number of nitrogens with one attached hydrogen (secondary N) is 1. The fourth-order valence-electron chi connectivity index (χ4n) is 3.63. The number of amides is 1. The van der Waals surface area contributed by atoms with Crippen LogP contribution in [0.2, 0.25) is 0 Å². The number of nitrogens with zero attached hydrogens (tertiary/aromatic N) is 2. The number of hydrogen-bond acceptors (Lipinski definition) is 8. The Balaban J connectivity index is 1.79. The summed E-state index contributed by atoms with van der Waals surface area (Å²) in [7, 11) is 3.24. The average molecular weight is 480 g/mol. The van der Waals surface area contributed by atoms with Gasteiger partial charge >= 0.3 is 0 Å². The molecule has 0 saturated heterocycles. The number of furan rings is 1. The predicted molar refractivity (Wildman–Crippen MR) is 133 cm³/mol. The van der Waals surface area contributed by atoms with Gasteiger partial charge in [0.25, 0.3) is 0 Å². The van der Waals surface area contributed by atoms with Gasteiger partial charge in [0.05, 0.1) is 27.1 Å². The second kappa shape index (κ2) is 9.96. The van der Waals surface area contributed by atoms with Crippen molar-refractivity contribution < 1.29 is 23.4 Å². The number of allylic oxidation sites excluding steroid dienone is 1. The molecule has 0 fully saturated rings. The van der Waals surface area contributed by atoms with E-state index in [2.05, 4.69) is 15.5 Å². The topological polar surface area (TPSA) is 95.7 Å². The molecule has 2 heterocycles. The number of hydrogen-bond donors (Lipinski definition) is 1. The Morgan fingerprint density at radius 1 is 1.12 bits per heavy atom. The minimum Gasteiger partial charge on any atom is -0.497 e. The van der Waals surface area contributed by atoms with Crippen LogP contribution < -0.4 is 19.5 Å². The summed E-state index contributed by atoms with van der Waals surface area (Å²) in [6.07, 6.45) is 3.21. The normalized spacial score (nSPS) is 11.5. The Labute approximate surface area is 201 Å². The van der Waals surface area contributed by atoms with E-state index < -0.39 is 0 Å². The van der Waals surface area contributed by atoms with Crippen LogP contribution in [0.25, 0.3) is 27.7 Å². The lowest BCUT2D eigenvalue weighted by atomic mass is 9.98. The summed E-state index contributed by atoms with van der Waals surface area (Å²) < 4.78 is 22.7. The van der Waals surface area contributed by atoms with Crippen molar-refractivity contribution in [2.45, 2.75) is 20.8 Å². The summed E-state index contributed by atoms with van der Waals surface area (Å²) in [6, 6.07) is 9.40. The quantitative estimate of drug-likeness (QED) is 0.323. The van der Waals surface area contributed by atoms with E-state index in [0.29, 0.717) is 34.6 Å². The van der Waals surface area contributed by atoms with E-state index in [4.69, 9.17) is 18.6 Å². The summed E-state index contributed by atoms with van der Waals surface area (Å²) in [4.78, 5) is 12.6. The molecule has 0 spiro atoms. The molecule has 0 aliphatic rings. The van der Waals surface area contributed by atoms with Crippen molar-refractivity contribution in [3.63, 3.8) is 0 Å². The smallest absolute Gasteiger partial charge is 0.250 e. The first kappa shape index (κ1) is 23.3. The molecule has 8 nitrogen and oxygen atoms in total. The number of ether oxygens (including phenoxy) is 3. The van der Waals surface area contributed by atoms with Crippen molar-refractivity contribution in [3.8, 4) is 28.4 Å². The minimum absolute atomic E-state index is 0.293. The largest absolute Gasteiger partial charge is 0.497 e. The monoisotopic (exact) mass is 479 g/mol. The predicted octanol–water partition coefficient (Wildman–Crippen LogP) is 5.72. The van der Waals surface area contributed by atoms with Gasteiger partial charge in [0.15, 0.2) is 0 Å². The number of rotatable bonds is 8. The minimum atomic E-state index is -0.293. The first-order valence-corrected chi connectivity index (χ1v) is 11.4. The van der Waals surface area contributed by atoms with Crippen LogP contribution in [0.4, 0.5) is 5.13 Å². The molecule has 0 atom stereocenters. The summed E-state index contributed by atoms with van der Waals surface area (Å²) >= 11 is 1.32. The van der Waals surface area contributed by atoms with Gasteiger partial charge in [-0.3, -0.25) is 10.1 Å². The van der Waals surface area contributed by atoms with Crippen molar-refractivity contribution in [2.75, 3.05) is 26.1 Å². The van der Waals surface area contributed by atoms with Crippen molar-refractivity contribution in [2.24, 2.45) is 0 Å². The van der Waals surface area contributed by atoms with Crippen LogP contribution in [0.1, 0.15) is 24.4 Å². The van der Waals surface area contributed by atoms with E-state index in [1.165, 1.54) is 17.4 Å². The molecular formula is C25H25N3O5S. The van der Waals surface area contributed by atoms with Crippen LogP contribution in [0.3, 0.4) is 0 Å². The van der Waals surface area contributed by atoms with E-state index >= 15 is 0 Å². The zero-order valence-corrected chi connectivity index (χ0v) is 20.4. The van der Waals surface area contributed by atoms with E-state index in [1.807, 2.05) is 51.1 Å². The van der Waals surface area contributed by atoms with Gasteiger partial charge < -0.3 is 18.6 Å². The molecule has 1 N–H and O–H groups in total. The maximum absolute atomic E-state index is 12.6. The molecular weight excluding hydrogens is 454 g/mol. The Morgan fingerprint density at radius 3 is 2.62 bits per heavy atom. The van der Waals surface area contributed by atoms with Gasteiger partial charge in [-0.05, 0) is 50.6 Å². The Morgan fingerprint density at radius 2 is 1.94 bits per heavy atom. The zero-order chi connectivity index (χ0) is 24.2. The van der Waals surface area contributed by atoms with Crippen LogP contribution in [-0.4, -0.2) is 36.9 Å². The summed E-state index contributed by atoms with van der Waals surface area (Å²) in [5.74, 6) is 1.73. The van der Waals surface area contributed by atoms with Crippen LogP contribution in [0.15, 0.2) is 47.1 Å². The molecule has 2 aromatic heterocycles. The number of benzene rings is 2. The van der Waals surface area contributed by atoms with Crippen molar-refractivity contribution in [1.29, 1.82) is 0 Å². The van der Waals surface area contributed by atoms with Gasteiger partial charge in [-0.25, -0.2) is 0 Å². The second-order valence-corrected chi connectivity index (χ2v) is 8.62. The number of aryl methyl sites for hydroxylation is 1. The molecule has 0 aliphatic carbocycles. The fraction of sp³-hybridized carbons (Fsp3) is 0.240. The van der Waals surface area contributed by atoms with Gasteiger partial charge in [-0.15, -0.1) is 10.2 Å². The van der Waals surface area contributed by atoms with Gasteiger partial charge in [-0.1, -0.05) is 11.3 Å². The van der Waals surface area contributed by atoms with Gasteiger partial charge in [0.1, 0.15) is 27.8 Å². The third kappa shape index (κ3) is 4.74. The summed E-state index contributed by atoms with van der Waals surface area (Å²) in [6.45, 7) is 6.07. The van der Waals surface area contributed by atoms with Crippen molar-refractivity contribution in [1.82, 2.24) is 10.2 Å². The molecule has 2 aromatic carbocycles. The van der Waals surface area contributed by atoms with Crippen LogP contribution >= 0.6 is 11.3 Å². The number of aromatic nitrogens is 2. The van der Waals surface area contributed by atoms with Crippen LogP contribution in [0, 0.1) is 6.92 Å². The molecule has 0 radical (unpaired) electrons. The highest BCUT2D eigenvalue weighted by Gasteiger charge is 2.18. The molecule has 0 aliphatic heterocycles. The van der Waals surface area contributed by atoms with E-state index in [9.17, 15) is 4.79 Å². The highest BCUT2D eigenvalue weighted by atomic mass is 32.1. The van der Waals surface area contributed by atoms with E-state index in [0.717, 1.165) is 32.7 Å². The summed E-state index contributed by atoms with van der Waals surface area (Å²) in [5.41, 5.74) is 3.85. The van der Waals surface area contributed by atoms with Gasteiger partial charge in [-0.2, -0.15) is 0 Å². The van der Waals surface area contributed by atoms with Gasteiger partial charge in [0.2, 0.25) is 11.0 Å². The van der Waals surface area contributed by atoms with E-state index in [1.54, 1.807) is 20.5 Å². The Kier molecular flexibility index (Phi) is 6.83. The maximum Gasteiger partial charge on any atom is 0.250 e. The third-order valence-corrected chi connectivity index (χ3v) is 5.96. The van der Waals surface area contributed by atoms with Crippen LogP contribution in [0.5, 0.6) is 17.2 Å². The number of carbonyl (C=O) groups excluding carboxylic acids is 1. The Hall–Kier alpha value is -3.85. The fourth-order valence-corrected chi connectivity index (χ4v) is 4.23. The first-order valence-electron chi connectivity index (χ1n) is 10.6. The average Bonchev–Trinajstić information content (AvgIpc) is 3.43. The van der Waals surface area contributed by atoms with E-state index in [-0.39, 0.29) is 5.91 Å². The number of fused-ring (bicyclic) bond motifs is 1. The number of anilines is 1. The van der Waals surface area contributed by atoms with Crippen LogP contribution in [-0.2, 0) is 4.79 Å². The molecule has 1 amide bonds. The molecule has 9 heteroatoms. The molecule has 0 bridgehead atoms. The molecule has 0 saturated carbocycles. The summed E-state index contributed by atoms with van der Waals surface area (Å²) in [5, 5.41) is 12.7. The third-order valence-electron chi connectivity index (χ3n) is 5.20. The molecule has 34 heavy (non-hydrogen) atoms. The highest BCUT2D eigenvalue weighted by molar-refractivity contribution is 7.15. The standard InChI is InChI=1S/C25H25N3O5S/c1-6-32-22-12-23-19(20(13-33-23)18-10-16(30-4)7-8-21(18)31-5)11-17(22)14(2)9-24(29)26-25-28-27-15(3)34-25/h7-13H,6H2,1-5H3,(H,26,28,29)/b14-9+. The number of methoxy groups -OCH3 is 2. The lowest BCUT2D eigenvalue weighted by Crippen LogP contribution is -2.08. The molecule has 4 aromatic rings. The number of carbonyl (C=O) groups is 1. The highest BCUT2D eigenvalue weighted by Crippen LogP contribution is 2.41. The lowest BCUT2D eigenvalue weighted by Gasteiger charge is -2.12. The first-order chi connectivity index (χ1) is 16.4. The van der Waals surface area contributed by atoms with Gasteiger partial charge in [0, 0.05) is 34.2 Å². The molecule has 4 rings (SSSR count). The Bertz CT molecular complexity index is 1370. The lowest BCUT2D eigenvalue weighted by molar-refractivity contribution is -0.111. The molecule has 176 valence electrons. The zero-order valence-electron chi connectivity index (χ0n) is 19.6. The van der Waals surface area contributed by atoms with Crippen molar-refractivity contribution >= 4 is 38.9 Å². The second-order valence-electron chi connectivity index (χ2n) is 7.44. The SMILES string of the molecule is CCOc1cc2occ(-c3cc(OC)ccc3OC)c2cc1/C(C)=C/C(=O)Nc1nnc(C)s1. The maximum atomic E-state index is 12.6. The molecule has 0 unspecified atom stereocenters. The van der Waals surface area contributed by atoms with Crippen molar-refractivity contribution in [3.05, 3.63) is 53.2 Å².